The van der Waals surface area contributed by atoms with E-state index in [-0.39, 0.29) is 0 Å². The van der Waals surface area contributed by atoms with Gasteiger partial charge in [-0.2, -0.15) is 0 Å². The number of nitrogens with two attached hydrogens (primary N) is 2. The van der Waals surface area contributed by atoms with Crippen LogP contribution >= 0.6 is 0 Å². The molecule has 4 nitrogen and oxygen atoms in total. The third-order valence-corrected chi connectivity index (χ3v) is 3.60. The van der Waals surface area contributed by atoms with Gasteiger partial charge in [0.2, 0.25) is 0 Å². The molecule has 0 bridgehead atoms. The number of anilines is 2. The Morgan fingerprint density at radius 1 is 0.714 bits per heavy atom. The van der Waals surface area contributed by atoms with Gasteiger partial charge in [-0.15, -0.1) is 0 Å². The van der Waals surface area contributed by atoms with Crippen LogP contribution in [0.15, 0.2) is 48.6 Å². The van der Waals surface area contributed by atoms with Crippen LogP contribution in [0.5, 0.6) is 11.5 Å². The Morgan fingerprint density at radius 2 is 1.19 bits per heavy atom. The molecule has 2 aromatic rings. The molecule has 4 rings (SSSR count). The Kier molecular flexibility index (Phi) is 2.30. The maximum Gasteiger partial charge on any atom is 0.291 e. The minimum Gasteiger partial charge on any atom is -0.445 e. The molecule has 2 aromatic carbocycles. The molecule has 0 saturated heterocycles. The summed E-state index contributed by atoms with van der Waals surface area (Å²) in [6, 6.07) is 11.1. The van der Waals surface area contributed by atoms with Crippen molar-refractivity contribution in [1.29, 1.82) is 0 Å². The molecule has 0 amide bonds. The lowest BCUT2D eigenvalue weighted by Crippen LogP contribution is -2.41. The molecule has 0 unspecified atom stereocenters. The van der Waals surface area contributed by atoms with Gasteiger partial charge in [0.05, 0.1) is 0 Å². The van der Waals surface area contributed by atoms with Gasteiger partial charge in [-0.05, 0) is 36.4 Å². The molecule has 2 aliphatic heterocycles. The zero-order valence-electron chi connectivity index (χ0n) is 11.2. The number of fused-ring (bicyclic) bond motifs is 2. The van der Waals surface area contributed by atoms with Crippen LogP contribution in [0.25, 0.3) is 12.2 Å². The van der Waals surface area contributed by atoms with Crippen molar-refractivity contribution in [2.75, 3.05) is 11.5 Å². The maximum absolute atomic E-state index is 6.02. The lowest BCUT2D eigenvalue weighted by Gasteiger charge is -2.35. The van der Waals surface area contributed by atoms with E-state index in [4.69, 9.17) is 20.9 Å². The summed E-state index contributed by atoms with van der Waals surface area (Å²) in [4.78, 5) is 0. The van der Waals surface area contributed by atoms with Crippen LogP contribution < -0.4 is 20.9 Å². The van der Waals surface area contributed by atoms with Gasteiger partial charge in [0.25, 0.3) is 5.79 Å². The van der Waals surface area contributed by atoms with Crippen molar-refractivity contribution in [1.82, 2.24) is 0 Å². The van der Waals surface area contributed by atoms with Crippen molar-refractivity contribution in [3.05, 3.63) is 59.7 Å². The zero-order valence-corrected chi connectivity index (χ0v) is 11.2. The van der Waals surface area contributed by atoms with Crippen LogP contribution in [-0.2, 0) is 0 Å². The summed E-state index contributed by atoms with van der Waals surface area (Å²) in [5.41, 5.74) is 14.9. The summed E-state index contributed by atoms with van der Waals surface area (Å²) in [6.07, 6.45) is 7.71. The van der Waals surface area contributed by atoms with Crippen molar-refractivity contribution in [3.8, 4) is 11.5 Å². The quantitative estimate of drug-likeness (QED) is 0.727. The van der Waals surface area contributed by atoms with E-state index < -0.39 is 5.79 Å². The van der Waals surface area contributed by atoms with Crippen LogP contribution in [0.4, 0.5) is 11.4 Å². The first-order valence-electron chi connectivity index (χ1n) is 6.69. The van der Waals surface area contributed by atoms with Crippen molar-refractivity contribution >= 4 is 23.5 Å². The summed E-state index contributed by atoms with van der Waals surface area (Å²) in [5.74, 6) is 0.464. The highest BCUT2D eigenvalue weighted by Crippen LogP contribution is 2.39. The molecule has 104 valence electrons. The number of ether oxygens (including phenoxy) is 2. The molecule has 0 atom stereocenters. The lowest BCUT2D eigenvalue weighted by atomic mass is 10.0. The van der Waals surface area contributed by atoms with E-state index >= 15 is 0 Å². The molecular formula is C17H14N2O2. The second-order valence-corrected chi connectivity index (χ2v) is 5.19. The third kappa shape index (κ3) is 1.92. The molecule has 0 radical (unpaired) electrons. The van der Waals surface area contributed by atoms with E-state index in [0.29, 0.717) is 22.9 Å². The van der Waals surface area contributed by atoms with E-state index in [1.165, 1.54) is 0 Å². The highest BCUT2D eigenvalue weighted by Gasteiger charge is 2.35. The fraction of sp³-hybridized carbons (Fsp3) is 0.0588. The molecule has 0 aromatic heterocycles. The van der Waals surface area contributed by atoms with Gasteiger partial charge < -0.3 is 20.9 Å². The monoisotopic (exact) mass is 278 g/mol. The second-order valence-electron chi connectivity index (χ2n) is 5.19. The van der Waals surface area contributed by atoms with Gasteiger partial charge in [0, 0.05) is 46.8 Å². The smallest absolute Gasteiger partial charge is 0.291 e. The van der Waals surface area contributed by atoms with Gasteiger partial charge in [0.1, 0.15) is 11.5 Å². The molecule has 2 aliphatic rings. The average molecular weight is 278 g/mol. The first-order chi connectivity index (χ1) is 10.1. The molecule has 2 heterocycles. The Morgan fingerprint density at radius 3 is 1.67 bits per heavy atom. The zero-order chi connectivity index (χ0) is 14.4. The second kappa shape index (κ2) is 4.06. The van der Waals surface area contributed by atoms with Gasteiger partial charge in [-0.1, -0.05) is 0 Å². The number of hydrogen-bond acceptors (Lipinski definition) is 4. The fourth-order valence-corrected chi connectivity index (χ4v) is 2.52. The molecule has 0 saturated carbocycles. The number of rotatable bonds is 0. The minimum atomic E-state index is -0.943. The van der Waals surface area contributed by atoms with Crippen LogP contribution in [0.3, 0.4) is 0 Å². The number of benzene rings is 2. The Labute approximate surface area is 122 Å². The third-order valence-electron chi connectivity index (χ3n) is 3.60. The summed E-state index contributed by atoms with van der Waals surface area (Å²) in [5, 5.41) is 0. The predicted octanol–water partition coefficient (Wildman–Crippen LogP) is 3.06. The largest absolute Gasteiger partial charge is 0.445 e. The fourth-order valence-electron chi connectivity index (χ4n) is 2.52. The summed E-state index contributed by atoms with van der Waals surface area (Å²) < 4.78 is 12.0. The summed E-state index contributed by atoms with van der Waals surface area (Å²) >= 11 is 0. The predicted molar refractivity (Wildman–Crippen MR) is 83.8 cm³/mol. The van der Waals surface area contributed by atoms with Crippen molar-refractivity contribution < 1.29 is 9.47 Å². The van der Waals surface area contributed by atoms with Gasteiger partial charge in [0.15, 0.2) is 0 Å². The topological polar surface area (TPSA) is 70.5 Å². The van der Waals surface area contributed by atoms with Crippen molar-refractivity contribution in [2.45, 2.75) is 5.79 Å². The van der Waals surface area contributed by atoms with Gasteiger partial charge in [-0.25, -0.2) is 0 Å². The minimum absolute atomic E-state index is 0.656. The maximum atomic E-state index is 6.02. The SMILES string of the molecule is Nc1ccc2c(c1)OC1(C=C2)C=Cc2ccc(N)cc2O1. The Balaban J connectivity index is 1.75. The van der Waals surface area contributed by atoms with Crippen LogP contribution in [-0.4, -0.2) is 5.79 Å². The average Bonchev–Trinajstić information content (AvgIpc) is 2.46. The van der Waals surface area contributed by atoms with Crippen molar-refractivity contribution in [2.24, 2.45) is 0 Å². The van der Waals surface area contributed by atoms with E-state index in [1.54, 1.807) is 12.1 Å². The molecule has 4 N–H and O–H groups in total. The highest BCUT2D eigenvalue weighted by atomic mass is 16.7. The van der Waals surface area contributed by atoms with Gasteiger partial charge in [-0.3, -0.25) is 0 Å². The highest BCUT2D eigenvalue weighted by molar-refractivity contribution is 5.69. The molecule has 0 aliphatic carbocycles. The van der Waals surface area contributed by atoms with Crippen LogP contribution in [0.2, 0.25) is 0 Å². The number of nitrogen functional groups attached to an aromatic ring is 2. The van der Waals surface area contributed by atoms with Gasteiger partial charge >= 0.3 is 0 Å². The first kappa shape index (κ1) is 11.9. The van der Waals surface area contributed by atoms with Crippen LogP contribution in [0.1, 0.15) is 11.1 Å². The Hall–Kier alpha value is -2.88. The van der Waals surface area contributed by atoms with E-state index in [0.717, 1.165) is 11.1 Å². The molecule has 0 fully saturated rings. The summed E-state index contributed by atoms with van der Waals surface area (Å²) in [7, 11) is 0. The standard InChI is InChI=1S/C17H14N2O2/c18-13-3-1-11-5-7-17(20-15(11)9-13)8-6-12-2-4-14(19)10-16(12)21-17/h1-10H,18-19H2. The van der Waals surface area contributed by atoms with E-state index in [2.05, 4.69) is 0 Å². The van der Waals surface area contributed by atoms with E-state index in [9.17, 15) is 0 Å². The first-order valence-corrected chi connectivity index (χ1v) is 6.69. The van der Waals surface area contributed by atoms with Crippen LogP contribution in [0, 0.1) is 0 Å². The number of hydrogen-bond donors (Lipinski definition) is 2. The summed E-state index contributed by atoms with van der Waals surface area (Å²) in [6.45, 7) is 0. The molecule has 21 heavy (non-hydrogen) atoms. The molecule has 4 heteroatoms. The van der Waals surface area contributed by atoms with E-state index in [1.807, 2.05) is 48.6 Å². The molecular weight excluding hydrogens is 264 g/mol. The molecule has 1 spiro atoms. The normalized spacial score (nSPS) is 16.8. The lowest BCUT2D eigenvalue weighted by molar-refractivity contribution is -0.0306. The van der Waals surface area contributed by atoms with Crippen molar-refractivity contribution in [3.63, 3.8) is 0 Å². The Bertz CT molecular complexity index is 726.